The van der Waals surface area contributed by atoms with Crippen LogP contribution in [0.4, 0.5) is 18.9 Å². The lowest BCUT2D eigenvalue weighted by Gasteiger charge is -2.19. The zero-order chi connectivity index (χ0) is 13.7. The minimum Gasteiger partial charge on any atom is -0.325 e. The van der Waals surface area contributed by atoms with E-state index in [9.17, 15) is 18.0 Å². The number of hydrogen-bond donors (Lipinski definition) is 2. The number of amides is 1. The Morgan fingerprint density at radius 3 is 2.50 bits per heavy atom. The number of fused-ring (bicyclic) bond motifs is 1. The van der Waals surface area contributed by atoms with Gasteiger partial charge in [0.25, 0.3) is 0 Å². The number of nitrogens with two attached hydrogens (primary N) is 1. The van der Waals surface area contributed by atoms with Gasteiger partial charge in [0, 0.05) is 5.69 Å². The first kappa shape index (κ1) is 12.9. The normalized spacial score (nSPS) is 19.3. The first-order valence-electron chi connectivity index (χ1n) is 5.42. The zero-order valence-corrected chi connectivity index (χ0v) is 9.93. The van der Waals surface area contributed by atoms with Crippen LogP contribution in [0.2, 0.25) is 0 Å². The summed E-state index contributed by atoms with van der Waals surface area (Å²) in [5.74, 6) is -0.227. The lowest BCUT2D eigenvalue weighted by Crippen LogP contribution is -2.29. The number of carbonyl (C=O) groups excluding carboxylic acids is 1. The van der Waals surface area contributed by atoms with E-state index >= 15 is 0 Å². The molecular weight excluding hydrogens is 245 g/mol. The van der Waals surface area contributed by atoms with Gasteiger partial charge in [0.1, 0.15) is 6.04 Å². The van der Waals surface area contributed by atoms with E-state index in [-0.39, 0.29) is 11.5 Å². The Balaban J connectivity index is 2.47. The molecule has 18 heavy (non-hydrogen) atoms. The van der Waals surface area contributed by atoms with Crippen LogP contribution in [0.3, 0.4) is 0 Å². The van der Waals surface area contributed by atoms with Gasteiger partial charge >= 0.3 is 6.18 Å². The van der Waals surface area contributed by atoms with Gasteiger partial charge < -0.3 is 11.1 Å². The third kappa shape index (κ3) is 1.86. The van der Waals surface area contributed by atoms with Crippen LogP contribution in [-0.2, 0) is 10.2 Å². The maximum absolute atomic E-state index is 12.5. The minimum atomic E-state index is -4.49. The molecule has 1 unspecified atom stereocenters. The molecule has 0 spiro atoms. The minimum absolute atomic E-state index is 0.0363. The zero-order valence-electron chi connectivity index (χ0n) is 9.93. The summed E-state index contributed by atoms with van der Waals surface area (Å²) in [5, 5.41) is 2.63. The fourth-order valence-electron chi connectivity index (χ4n) is 1.97. The van der Waals surface area contributed by atoms with Gasteiger partial charge in [-0.05, 0) is 31.0 Å². The van der Waals surface area contributed by atoms with Crippen LogP contribution in [0, 0.1) is 0 Å². The Kier molecular flexibility index (Phi) is 2.66. The smallest absolute Gasteiger partial charge is 0.325 e. The van der Waals surface area contributed by atoms with E-state index in [1.165, 1.54) is 18.2 Å². The second-order valence-corrected chi connectivity index (χ2v) is 4.90. The third-order valence-electron chi connectivity index (χ3n) is 3.24. The Bertz CT molecular complexity index is 509. The van der Waals surface area contributed by atoms with Crippen molar-refractivity contribution in [2.45, 2.75) is 31.5 Å². The second kappa shape index (κ2) is 3.71. The third-order valence-corrected chi connectivity index (χ3v) is 3.24. The monoisotopic (exact) mass is 258 g/mol. The van der Waals surface area contributed by atoms with E-state index in [1.54, 1.807) is 13.8 Å². The highest BCUT2D eigenvalue weighted by Crippen LogP contribution is 2.40. The van der Waals surface area contributed by atoms with Gasteiger partial charge in [0.15, 0.2) is 0 Å². The van der Waals surface area contributed by atoms with Gasteiger partial charge in [-0.1, -0.05) is 12.1 Å². The highest BCUT2D eigenvalue weighted by atomic mass is 19.4. The molecule has 0 aromatic heterocycles. The van der Waals surface area contributed by atoms with Crippen molar-refractivity contribution >= 4 is 11.6 Å². The highest BCUT2D eigenvalue weighted by molar-refractivity contribution is 6.05. The molecule has 3 nitrogen and oxygen atoms in total. The summed E-state index contributed by atoms with van der Waals surface area (Å²) >= 11 is 0. The highest BCUT2D eigenvalue weighted by Gasteiger charge is 2.41. The van der Waals surface area contributed by atoms with Gasteiger partial charge in [-0.3, -0.25) is 4.79 Å². The summed E-state index contributed by atoms with van der Waals surface area (Å²) in [5.41, 5.74) is 5.38. The fraction of sp³-hybridized carbons (Fsp3) is 0.417. The summed E-state index contributed by atoms with van der Waals surface area (Å²) in [6.07, 6.45) is -4.49. The number of alkyl halides is 3. The molecule has 98 valence electrons. The molecule has 0 fully saturated rings. The summed E-state index contributed by atoms with van der Waals surface area (Å²) < 4.78 is 37.6. The predicted molar refractivity (Wildman–Crippen MR) is 61.1 cm³/mol. The average Bonchev–Trinajstić information content (AvgIpc) is 2.48. The van der Waals surface area contributed by atoms with Crippen molar-refractivity contribution in [3.63, 3.8) is 0 Å². The van der Waals surface area contributed by atoms with Crippen LogP contribution in [0.25, 0.3) is 0 Å². The van der Waals surface area contributed by atoms with E-state index in [4.69, 9.17) is 5.73 Å². The quantitative estimate of drug-likeness (QED) is 0.813. The fourth-order valence-corrected chi connectivity index (χ4v) is 1.97. The predicted octanol–water partition coefficient (Wildman–Crippen LogP) is 2.48. The van der Waals surface area contributed by atoms with Crippen LogP contribution in [0.15, 0.2) is 18.2 Å². The molecule has 0 saturated carbocycles. The summed E-state index contributed by atoms with van der Waals surface area (Å²) in [6, 6.07) is 2.07. The van der Waals surface area contributed by atoms with E-state index in [0.29, 0.717) is 11.3 Å². The molecule has 0 radical (unpaired) electrons. The number of anilines is 1. The Labute approximate surface area is 102 Å². The maximum atomic E-state index is 12.5. The van der Waals surface area contributed by atoms with Crippen molar-refractivity contribution in [2.24, 2.45) is 5.73 Å². The molecule has 0 aliphatic carbocycles. The van der Waals surface area contributed by atoms with Crippen LogP contribution >= 0.6 is 0 Å². The molecule has 1 atom stereocenters. The van der Waals surface area contributed by atoms with Crippen LogP contribution in [0.1, 0.15) is 31.0 Å². The molecule has 6 heteroatoms. The largest absolute Gasteiger partial charge is 0.407 e. The number of halogens is 3. The Hall–Kier alpha value is -1.56. The SMILES string of the molecule is CC1(C)C(=O)Nc2ccc(C(N)C(F)(F)F)cc21. The standard InChI is InChI=1S/C12H13F3N2O/c1-11(2)7-5-6(9(16)12(13,14)15)3-4-8(7)17-10(11)18/h3-5,9H,16H2,1-2H3,(H,17,18). The molecular formula is C12H13F3N2O. The van der Waals surface area contributed by atoms with E-state index in [2.05, 4.69) is 5.32 Å². The average molecular weight is 258 g/mol. The van der Waals surface area contributed by atoms with Crippen molar-refractivity contribution in [2.75, 3.05) is 5.32 Å². The van der Waals surface area contributed by atoms with Gasteiger partial charge in [0.05, 0.1) is 5.41 Å². The number of rotatable bonds is 1. The Morgan fingerprint density at radius 2 is 1.94 bits per heavy atom. The van der Waals surface area contributed by atoms with Crippen LogP contribution in [-0.4, -0.2) is 12.1 Å². The molecule has 0 bridgehead atoms. The molecule has 1 aliphatic rings. The van der Waals surface area contributed by atoms with Crippen LogP contribution < -0.4 is 11.1 Å². The van der Waals surface area contributed by atoms with E-state index in [1.807, 2.05) is 0 Å². The summed E-state index contributed by atoms with van der Waals surface area (Å²) in [6.45, 7) is 3.33. The topological polar surface area (TPSA) is 55.1 Å². The summed E-state index contributed by atoms with van der Waals surface area (Å²) in [7, 11) is 0. The maximum Gasteiger partial charge on any atom is 0.407 e. The lowest BCUT2D eigenvalue weighted by atomic mass is 9.85. The lowest BCUT2D eigenvalue weighted by molar-refractivity contribution is -0.149. The number of hydrogen-bond acceptors (Lipinski definition) is 2. The molecule has 3 N–H and O–H groups in total. The van der Waals surface area contributed by atoms with Gasteiger partial charge in [0.2, 0.25) is 5.91 Å². The number of benzene rings is 1. The van der Waals surface area contributed by atoms with Crippen molar-refractivity contribution in [1.29, 1.82) is 0 Å². The number of nitrogens with one attached hydrogen (secondary N) is 1. The van der Waals surface area contributed by atoms with E-state index in [0.717, 1.165) is 0 Å². The molecule has 1 heterocycles. The van der Waals surface area contributed by atoms with Crippen molar-refractivity contribution in [3.05, 3.63) is 29.3 Å². The molecule has 1 aliphatic heterocycles. The van der Waals surface area contributed by atoms with E-state index < -0.39 is 17.6 Å². The number of carbonyl (C=O) groups is 1. The Morgan fingerprint density at radius 1 is 1.33 bits per heavy atom. The van der Waals surface area contributed by atoms with Crippen molar-refractivity contribution < 1.29 is 18.0 Å². The van der Waals surface area contributed by atoms with Crippen LogP contribution in [0.5, 0.6) is 0 Å². The molecule has 1 amide bonds. The first-order chi connectivity index (χ1) is 8.14. The molecule has 1 aromatic rings. The first-order valence-corrected chi connectivity index (χ1v) is 5.42. The molecule has 1 aromatic carbocycles. The van der Waals surface area contributed by atoms with Gasteiger partial charge in [-0.15, -0.1) is 0 Å². The van der Waals surface area contributed by atoms with Crippen molar-refractivity contribution in [1.82, 2.24) is 0 Å². The second-order valence-electron chi connectivity index (χ2n) is 4.90. The van der Waals surface area contributed by atoms with Gasteiger partial charge in [-0.2, -0.15) is 13.2 Å². The molecule has 0 saturated heterocycles. The van der Waals surface area contributed by atoms with Crippen molar-refractivity contribution in [3.8, 4) is 0 Å². The van der Waals surface area contributed by atoms with Gasteiger partial charge in [-0.25, -0.2) is 0 Å². The summed E-state index contributed by atoms with van der Waals surface area (Å²) in [4.78, 5) is 11.7. The molecule has 2 rings (SSSR count).